The van der Waals surface area contributed by atoms with Gasteiger partial charge in [0.15, 0.2) is 23.2 Å². The fourth-order valence-corrected chi connectivity index (χ4v) is 3.63. The first kappa shape index (κ1) is 23.3. The van der Waals surface area contributed by atoms with Crippen LogP contribution in [-0.4, -0.2) is 11.7 Å². The van der Waals surface area contributed by atoms with Crippen molar-refractivity contribution in [2.45, 2.75) is 13.5 Å². The fourth-order valence-electron chi connectivity index (χ4n) is 3.63. The molecule has 0 spiro atoms. The number of hydrogen-bond donors (Lipinski definition) is 1. The summed E-state index contributed by atoms with van der Waals surface area (Å²) in [5.41, 5.74) is 3.85. The number of halogens is 3. The summed E-state index contributed by atoms with van der Waals surface area (Å²) < 4.78 is 48.8. The van der Waals surface area contributed by atoms with Gasteiger partial charge in [-0.05, 0) is 46.9 Å². The molecule has 0 unspecified atom stereocenters. The van der Waals surface area contributed by atoms with Gasteiger partial charge in [0.1, 0.15) is 0 Å². The van der Waals surface area contributed by atoms with Gasteiger partial charge in [0.2, 0.25) is 0 Å². The van der Waals surface area contributed by atoms with Crippen molar-refractivity contribution in [3.8, 4) is 28.0 Å². The van der Waals surface area contributed by atoms with E-state index in [0.29, 0.717) is 23.3 Å². The van der Waals surface area contributed by atoms with Gasteiger partial charge in [0, 0.05) is 11.1 Å². The van der Waals surface area contributed by atoms with Gasteiger partial charge in [-0.25, -0.2) is 13.2 Å². The highest BCUT2D eigenvalue weighted by molar-refractivity contribution is 5.74. The molecule has 4 aromatic rings. The maximum Gasteiger partial charge on any atom is 0.167 e. The number of aliphatic hydroxyl groups is 1. The van der Waals surface area contributed by atoms with Crippen LogP contribution >= 0.6 is 0 Å². The molecule has 0 aliphatic rings. The Bertz CT molecular complexity index is 1310. The van der Waals surface area contributed by atoms with Crippen molar-refractivity contribution in [3.63, 3.8) is 0 Å². The largest absolute Gasteiger partial charge is 0.491 e. The maximum atomic E-state index is 14.7. The van der Waals surface area contributed by atoms with E-state index >= 15 is 0 Å². The molecule has 0 heterocycles. The van der Waals surface area contributed by atoms with Crippen LogP contribution in [-0.2, 0) is 6.61 Å². The molecule has 172 valence electrons. The minimum atomic E-state index is -0.929. The molecule has 0 bridgehead atoms. The quantitative estimate of drug-likeness (QED) is 0.289. The van der Waals surface area contributed by atoms with Crippen molar-refractivity contribution in [2.75, 3.05) is 6.61 Å². The topological polar surface area (TPSA) is 29.5 Å². The molecule has 0 fully saturated rings. The van der Waals surface area contributed by atoms with Crippen LogP contribution < -0.4 is 4.74 Å². The van der Waals surface area contributed by atoms with E-state index in [1.54, 1.807) is 49.4 Å². The van der Waals surface area contributed by atoms with E-state index in [2.05, 4.69) is 0 Å². The molecular formula is C29H23F3O2. The summed E-state index contributed by atoms with van der Waals surface area (Å²) in [4.78, 5) is 0. The predicted molar refractivity (Wildman–Crippen MR) is 130 cm³/mol. The number of aliphatic hydroxyl groups excluding tert-OH is 1. The Labute approximate surface area is 196 Å². The first-order valence-corrected chi connectivity index (χ1v) is 10.9. The van der Waals surface area contributed by atoms with Crippen LogP contribution in [0.5, 0.6) is 5.75 Å². The van der Waals surface area contributed by atoms with Crippen LogP contribution in [0.3, 0.4) is 0 Å². The van der Waals surface area contributed by atoms with Gasteiger partial charge < -0.3 is 9.84 Å². The first-order valence-electron chi connectivity index (χ1n) is 10.9. The summed E-state index contributed by atoms with van der Waals surface area (Å²) in [6, 6.07) is 21.8. The average molecular weight is 460 g/mol. The van der Waals surface area contributed by atoms with Crippen LogP contribution in [0.4, 0.5) is 13.2 Å². The molecule has 1 N–H and O–H groups in total. The Morgan fingerprint density at radius 3 is 2.06 bits per heavy atom. The second kappa shape index (κ2) is 10.4. The average Bonchev–Trinajstić information content (AvgIpc) is 2.87. The zero-order valence-corrected chi connectivity index (χ0v) is 18.6. The van der Waals surface area contributed by atoms with Crippen molar-refractivity contribution in [3.05, 3.63) is 113 Å². The molecule has 5 heteroatoms. The summed E-state index contributed by atoms with van der Waals surface area (Å²) in [5, 5.41) is 9.14. The van der Waals surface area contributed by atoms with E-state index in [1.807, 2.05) is 24.3 Å². The van der Waals surface area contributed by atoms with Crippen LogP contribution in [0.2, 0.25) is 0 Å². The molecule has 2 nitrogen and oxygen atoms in total. The molecule has 0 saturated carbocycles. The molecular weight excluding hydrogens is 437 g/mol. The Kier molecular flexibility index (Phi) is 7.14. The van der Waals surface area contributed by atoms with Crippen molar-refractivity contribution >= 4 is 12.2 Å². The summed E-state index contributed by atoms with van der Waals surface area (Å²) in [6.45, 7) is 2.08. The van der Waals surface area contributed by atoms with Gasteiger partial charge in [-0.1, -0.05) is 78.9 Å². The van der Waals surface area contributed by atoms with Gasteiger partial charge in [-0.3, -0.25) is 0 Å². The lowest BCUT2D eigenvalue weighted by Crippen LogP contribution is -1.94. The molecule has 0 saturated heterocycles. The predicted octanol–water partition coefficient (Wildman–Crippen LogP) is 7.50. The third kappa shape index (κ3) is 5.05. The Morgan fingerprint density at radius 1 is 0.735 bits per heavy atom. The molecule has 0 aromatic heterocycles. The van der Waals surface area contributed by atoms with E-state index in [1.165, 1.54) is 24.3 Å². The normalized spacial score (nSPS) is 11.2. The van der Waals surface area contributed by atoms with Gasteiger partial charge >= 0.3 is 0 Å². The van der Waals surface area contributed by atoms with Crippen LogP contribution in [0, 0.1) is 17.5 Å². The van der Waals surface area contributed by atoms with Crippen molar-refractivity contribution < 1.29 is 23.0 Å². The molecule has 0 aliphatic heterocycles. The molecule has 34 heavy (non-hydrogen) atoms. The van der Waals surface area contributed by atoms with E-state index in [9.17, 15) is 13.2 Å². The lowest BCUT2D eigenvalue weighted by Gasteiger charge is -2.08. The van der Waals surface area contributed by atoms with Crippen molar-refractivity contribution in [1.82, 2.24) is 0 Å². The van der Waals surface area contributed by atoms with E-state index in [-0.39, 0.29) is 23.5 Å². The third-order valence-corrected chi connectivity index (χ3v) is 5.49. The summed E-state index contributed by atoms with van der Waals surface area (Å²) in [6.07, 6.45) is 3.21. The van der Waals surface area contributed by atoms with Gasteiger partial charge in [-0.15, -0.1) is 0 Å². The minimum absolute atomic E-state index is 0.112. The van der Waals surface area contributed by atoms with E-state index in [4.69, 9.17) is 9.84 Å². The second-order valence-electron chi connectivity index (χ2n) is 7.72. The molecule has 4 rings (SSSR count). The highest BCUT2D eigenvalue weighted by Crippen LogP contribution is 2.29. The second-order valence-corrected chi connectivity index (χ2v) is 7.72. The molecule has 0 atom stereocenters. The van der Waals surface area contributed by atoms with E-state index < -0.39 is 17.5 Å². The van der Waals surface area contributed by atoms with Gasteiger partial charge in [0.05, 0.1) is 13.2 Å². The highest BCUT2D eigenvalue weighted by Gasteiger charge is 2.13. The van der Waals surface area contributed by atoms with Crippen molar-refractivity contribution in [2.24, 2.45) is 0 Å². The van der Waals surface area contributed by atoms with Gasteiger partial charge in [0.25, 0.3) is 0 Å². The Hall–Kier alpha value is -3.83. The van der Waals surface area contributed by atoms with Crippen LogP contribution in [0.25, 0.3) is 34.4 Å². The number of rotatable bonds is 7. The first-order chi connectivity index (χ1) is 16.5. The minimum Gasteiger partial charge on any atom is -0.491 e. The number of ether oxygens (including phenoxy) is 1. The highest BCUT2D eigenvalue weighted by atomic mass is 19.2. The molecule has 0 aliphatic carbocycles. The zero-order chi connectivity index (χ0) is 24.1. The van der Waals surface area contributed by atoms with Crippen LogP contribution in [0.15, 0.2) is 78.9 Å². The molecule has 0 radical (unpaired) electrons. The zero-order valence-electron chi connectivity index (χ0n) is 18.6. The standard InChI is InChI=1S/C29H23F3O2/c1-2-34-27-16-14-24(17-26(27)30)21-8-3-19(4-9-21)5-12-23-13-15-25(29(32)28(23)31)22-10-6-20(18-33)7-11-22/h3-17,33H,2,18H2,1H3. The number of hydrogen-bond acceptors (Lipinski definition) is 2. The summed E-state index contributed by atoms with van der Waals surface area (Å²) >= 11 is 0. The molecule has 4 aromatic carbocycles. The van der Waals surface area contributed by atoms with Crippen molar-refractivity contribution in [1.29, 1.82) is 0 Å². The summed E-state index contributed by atoms with van der Waals surface area (Å²) in [7, 11) is 0. The lowest BCUT2D eigenvalue weighted by atomic mass is 10.0. The lowest BCUT2D eigenvalue weighted by molar-refractivity contribution is 0.282. The van der Waals surface area contributed by atoms with Crippen LogP contribution in [0.1, 0.15) is 23.6 Å². The third-order valence-electron chi connectivity index (χ3n) is 5.49. The van der Waals surface area contributed by atoms with E-state index in [0.717, 1.165) is 11.1 Å². The Balaban J connectivity index is 1.52. The maximum absolute atomic E-state index is 14.7. The SMILES string of the molecule is CCOc1ccc(-c2ccc(C=Cc3ccc(-c4ccc(CO)cc4)c(F)c3F)cc2)cc1F. The summed E-state index contributed by atoms with van der Waals surface area (Å²) in [5.74, 6) is -2.06. The van der Waals surface area contributed by atoms with Gasteiger partial charge in [-0.2, -0.15) is 0 Å². The molecule has 0 amide bonds. The Morgan fingerprint density at radius 2 is 1.41 bits per heavy atom. The smallest absolute Gasteiger partial charge is 0.167 e. The monoisotopic (exact) mass is 460 g/mol. The fraction of sp³-hybridized carbons (Fsp3) is 0.103. The number of benzene rings is 4.